The summed E-state index contributed by atoms with van der Waals surface area (Å²) in [5.74, 6) is 0.692. The van der Waals surface area contributed by atoms with Crippen LogP contribution in [-0.4, -0.2) is 17.8 Å². The summed E-state index contributed by atoms with van der Waals surface area (Å²) in [4.78, 5) is 0. The van der Waals surface area contributed by atoms with Crippen molar-refractivity contribution in [2.24, 2.45) is 11.7 Å². The second kappa shape index (κ2) is 8.83. The predicted molar refractivity (Wildman–Crippen MR) is 90.8 cm³/mol. The van der Waals surface area contributed by atoms with E-state index in [9.17, 15) is 5.11 Å². The Morgan fingerprint density at radius 3 is 1.71 bits per heavy atom. The van der Waals surface area contributed by atoms with Crippen LogP contribution in [0.15, 0.2) is 60.7 Å². The highest BCUT2D eigenvalue weighted by Crippen LogP contribution is 2.34. The standard InChI is InChI=1S/C18H23NO.ClH/c1-14(12-17(19)13-20)18(15-8-4-2-5-9-15)16-10-6-3-7-11-16;/h2-11,14,17-18,20H,12-13,19H2,1H3;1H. The van der Waals surface area contributed by atoms with Gasteiger partial charge in [-0.15, -0.1) is 12.4 Å². The second-order valence-electron chi connectivity index (χ2n) is 5.45. The molecule has 0 saturated carbocycles. The summed E-state index contributed by atoms with van der Waals surface area (Å²) < 4.78 is 0. The van der Waals surface area contributed by atoms with Crippen molar-refractivity contribution in [3.63, 3.8) is 0 Å². The first-order valence-corrected chi connectivity index (χ1v) is 7.18. The zero-order chi connectivity index (χ0) is 14.4. The monoisotopic (exact) mass is 305 g/mol. The highest BCUT2D eigenvalue weighted by Gasteiger charge is 2.22. The van der Waals surface area contributed by atoms with Gasteiger partial charge in [-0.3, -0.25) is 0 Å². The van der Waals surface area contributed by atoms with Gasteiger partial charge in [-0.2, -0.15) is 0 Å². The van der Waals surface area contributed by atoms with Crippen molar-refractivity contribution in [1.82, 2.24) is 0 Å². The van der Waals surface area contributed by atoms with Gasteiger partial charge in [0.25, 0.3) is 0 Å². The number of nitrogens with two attached hydrogens (primary N) is 1. The summed E-state index contributed by atoms with van der Waals surface area (Å²) in [7, 11) is 0. The third-order valence-corrected chi connectivity index (χ3v) is 3.80. The number of aliphatic hydroxyl groups excluding tert-OH is 1. The van der Waals surface area contributed by atoms with Gasteiger partial charge in [-0.1, -0.05) is 67.6 Å². The fourth-order valence-corrected chi connectivity index (χ4v) is 2.86. The van der Waals surface area contributed by atoms with Crippen molar-refractivity contribution in [2.45, 2.75) is 25.3 Å². The molecule has 2 aromatic rings. The summed E-state index contributed by atoms with van der Waals surface area (Å²) in [5.41, 5.74) is 8.52. The topological polar surface area (TPSA) is 46.2 Å². The number of hydrogen-bond acceptors (Lipinski definition) is 2. The molecule has 0 saturated heterocycles. The van der Waals surface area contributed by atoms with Gasteiger partial charge in [0.15, 0.2) is 0 Å². The lowest BCUT2D eigenvalue weighted by atomic mass is 9.79. The molecule has 2 aromatic carbocycles. The molecule has 3 heteroatoms. The van der Waals surface area contributed by atoms with Crippen LogP contribution in [0, 0.1) is 5.92 Å². The van der Waals surface area contributed by atoms with Crippen LogP contribution < -0.4 is 5.73 Å². The number of halogens is 1. The maximum absolute atomic E-state index is 9.18. The minimum absolute atomic E-state index is 0. The largest absolute Gasteiger partial charge is 0.395 e. The molecule has 0 aromatic heterocycles. The van der Waals surface area contributed by atoms with Gasteiger partial charge < -0.3 is 10.8 Å². The average molecular weight is 306 g/mol. The highest BCUT2D eigenvalue weighted by atomic mass is 35.5. The van der Waals surface area contributed by atoms with Crippen LogP contribution in [0.4, 0.5) is 0 Å². The van der Waals surface area contributed by atoms with Crippen molar-refractivity contribution in [1.29, 1.82) is 0 Å². The van der Waals surface area contributed by atoms with Crippen LogP contribution in [0.2, 0.25) is 0 Å². The van der Waals surface area contributed by atoms with E-state index in [2.05, 4.69) is 55.5 Å². The number of benzene rings is 2. The van der Waals surface area contributed by atoms with Crippen molar-refractivity contribution >= 4 is 12.4 Å². The van der Waals surface area contributed by atoms with E-state index < -0.39 is 0 Å². The maximum atomic E-state index is 9.18. The van der Waals surface area contributed by atoms with Crippen LogP contribution in [0.3, 0.4) is 0 Å². The highest BCUT2D eigenvalue weighted by molar-refractivity contribution is 5.85. The first-order valence-electron chi connectivity index (χ1n) is 7.18. The molecule has 0 aliphatic heterocycles. The summed E-state index contributed by atoms with van der Waals surface area (Å²) in [5, 5.41) is 9.18. The van der Waals surface area contributed by atoms with Crippen molar-refractivity contribution in [3.05, 3.63) is 71.8 Å². The Morgan fingerprint density at radius 1 is 0.905 bits per heavy atom. The van der Waals surface area contributed by atoms with E-state index >= 15 is 0 Å². The Balaban J connectivity index is 0.00000220. The Kier molecular flexibility index (Phi) is 7.44. The summed E-state index contributed by atoms with van der Waals surface area (Å²) >= 11 is 0. The van der Waals surface area contributed by atoms with Crippen LogP contribution in [0.5, 0.6) is 0 Å². The molecule has 114 valence electrons. The van der Waals surface area contributed by atoms with Crippen molar-refractivity contribution < 1.29 is 5.11 Å². The van der Waals surface area contributed by atoms with E-state index in [1.807, 2.05) is 12.1 Å². The minimum atomic E-state index is -0.153. The lowest BCUT2D eigenvalue weighted by Gasteiger charge is -2.27. The molecule has 0 amide bonds. The van der Waals surface area contributed by atoms with E-state index in [1.165, 1.54) is 11.1 Å². The third kappa shape index (κ3) is 4.85. The fraction of sp³-hybridized carbons (Fsp3) is 0.333. The molecule has 0 radical (unpaired) electrons. The Morgan fingerprint density at radius 2 is 1.33 bits per heavy atom. The Bertz CT molecular complexity index is 464. The Labute approximate surface area is 133 Å². The minimum Gasteiger partial charge on any atom is -0.395 e. The van der Waals surface area contributed by atoms with Crippen LogP contribution >= 0.6 is 12.4 Å². The van der Waals surface area contributed by atoms with Gasteiger partial charge in [-0.05, 0) is 23.5 Å². The zero-order valence-corrected chi connectivity index (χ0v) is 13.2. The summed E-state index contributed by atoms with van der Waals surface area (Å²) in [6.07, 6.45) is 0.810. The predicted octanol–water partition coefficient (Wildman–Crippen LogP) is 3.59. The molecule has 0 aliphatic rings. The van der Waals surface area contributed by atoms with Gasteiger partial charge in [0, 0.05) is 12.0 Å². The van der Waals surface area contributed by atoms with Crippen LogP contribution in [0.25, 0.3) is 0 Å². The average Bonchev–Trinajstić information content (AvgIpc) is 2.49. The molecule has 3 N–H and O–H groups in total. The van der Waals surface area contributed by atoms with Gasteiger partial charge >= 0.3 is 0 Å². The van der Waals surface area contributed by atoms with E-state index in [4.69, 9.17) is 5.73 Å². The number of aliphatic hydroxyl groups is 1. The van der Waals surface area contributed by atoms with Crippen molar-refractivity contribution in [2.75, 3.05) is 6.61 Å². The molecule has 21 heavy (non-hydrogen) atoms. The number of hydrogen-bond donors (Lipinski definition) is 2. The molecule has 0 fully saturated rings. The summed E-state index contributed by atoms with van der Waals surface area (Å²) in [6, 6.07) is 20.9. The molecule has 2 nitrogen and oxygen atoms in total. The first-order chi connectivity index (χ1) is 9.72. The quantitative estimate of drug-likeness (QED) is 0.857. The maximum Gasteiger partial charge on any atom is 0.0582 e. The van der Waals surface area contributed by atoms with E-state index in [1.54, 1.807) is 0 Å². The molecule has 0 bridgehead atoms. The van der Waals surface area contributed by atoms with Crippen LogP contribution in [-0.2, 0) is 0 Å². The van der Waals surface area contributed by atoms with E-state index in [0.29, 0.717) is 11.8 Å². The van der Waals surface area contributed by atoms with Crippen LogP contribution in [0.1, 0.15) is 30.4 Å². The SMILES string of the molecule is CC(CC(N)CO)C(c1ccccc1)c1ccccc1.Cl. The van der Waals surface area contributed by atoms with Gasteiger partial charge in [-0.25, -0.2) is 0 Å². The third-order valence-electron chi connectivity index (χ3n) is 3.80. The van der Waals surface area contributed by atoms with E-state index in [0.717, 1.165) is 6.42 Å². The lowest BCUT2D eigenvalue weighted by molar-refractivity contribution is 0.243. The molecule has 0 spiro atoms. The molecular weight excluding hydrogens is 282 g/mol. The fourth-order valence-electron chi connectivity index (χ4n) is 2.86. The van der Waals surface area contributed by atoms with Gasteiger partial charge in [0.05, 0.1) is 6.61 Å². The summed E-state index contributed by atoms with van der Waals surface area (Å²) in [6.45, 7) is 2.25. The smallest absolute Gasteiger partial charge is 0.0582 e. The molecular formula is C18H24ClNO. The molecule has 2 unspecified atom stereocenters. The van der Waals surface area contributed by atoms with Gasteiger partial charge in [0.2, 0.25) is 0 Å². The van der Waals surface area contributed by atoms with Gasteiger partial charge in [0.1, 0.15) is 0 Å². The molecule has 0 aliphatic carbocycles. The molecule has 2 atom stereocenters. The molecule has 0 heterocycles. The second-order valence-corrected chi connectivity index (χ2v) is 5.45. The number of rotatable bonds is 6. The van der Waals surface area contributed by atoms with Crippen molar-refractivity contribution in [3.8, 4) is 0 Å². The molecule has 2 rings (SSSR count). The first kappa shape index (κ1) is 17.7. The van der Waals surface area contributed by atoms with E-state index in [-0.39, 0.29) is 25.1 Å². The normalized spacial score (nSPS) is 13.5. The zero-order valence-electron chi connectivity index (χ0n) is 12.4. The lowest BCUT2D eigenvalue weighted by Crippen LogP contribution is -2.28. The Hall–Kier alpha value is -1.35.